The van der Waals surface area contributed by atoms with Crippen LogP contribution in [0.3, 0.4) is 0 Å². The van der Waals surface area contributed by atoms with Gasteiger partial charge in [-0.2, -0.15) is 4.31 Å². The van der Waals surface area contributed by atoms with Crippen LogP contribution in [-0.2, 0) is 21.2 Å². The Bertz CT molecular complexity index is 658. The molecule has 0 N–H and O–H groups in total. The standard InChI is InChI=1S/C18H27FN2O3S/c19-17-4-1-3-16(15-17)7-9-21(18-5-6-18)25(22,23)14-2-8-20-10-12-24-13-11-20/h1,3-4,15,18H,2,5-14H2. The fourth-order valence-corrected chi connectivity index (χ4v) is 5.02. The van der Waals surface area contributed by atoms with Gasteiger partial charge in [-0.3, -0.25) is 4.90 Å². The molecule has 7 heteroatoms. The van der Waals surface area contributed by atoms with E-state index in [1.165, 1.54) is 12.1 Å². The summed E-state index contributed by atoms with van der Waals surface area (Å²) in [5.41, 5.74) is 0.842. The summed E-state index contributed by atoms with van der Waals surface area (Å²) in [6.45, 7) is 4.46. The molecule has 0 aromatic heterocycles. The first kappa shape index (κ1) is 18.8. The van der Waals surface area contributed by atoms with Crippen LogP contribution in [0.15, 0.2) is 24.3 Å². The van der Waals surface area contributed by atoms with E-state index in [4.69, 9.17) is 4.74 Å². The van der Waals surface area contributed by atoms with Gasteiger partial charge < -0.3 is 4.74 Å². The highest BCUT2D eigenvalue weighted by Gasteiger charge is 2.36. The lowest BCUT2D eigenvalue weighted by molar-refractivity contribution is 0.0380. The summed E-state index contributed by atoms with van der Waals surface area (Å²) in [5, 5.41) is 0. The zero-order valence-corrected chi connectivity index (χ0v) is 15.4. The average Bonchev–Trinajstić information content (AvgIpc) is 3.40. The monoisotopic (exact) mass is 370 g/mol. The zero-order chi connectivity index (χ0) is 17.7. The highest BCUT2D eigenvalue weighted by atomic mass is 32.2. The first-order chi connectivity index (χ1) is 12.0. The lowest BCUT2D eigenvalue weighted by Gasteiger charge is -2.27. The molecule has 1 aliphatic carbocycles. The Morgan fingerprint density at radius 2 is 2.00 bits per heavy atom. The number of halogens is 1. The van der Waals surface area contributed by atoms with Gasteiger partial charge in [-0.1, -0.05) is 12.1 Å². The van der Waals surface area contributed by atoms with Crippen LogP contribution >= 0.6 is 0 Å². The largest absolute Gasteiger partial charge is 0.379 e. The quantitative estimate of drug-likeness (QED) is 0.666. The molecule has 0 radical (unpaired) electrons. The van der Waals surface area contributed by atoms with E-state index in [0.717, 1.165) is 51.3 Å². The van der Waals surface area contributed by atoms with Gasteiger partial charge in [0.2, 0.25) is 10.0 Å². The number of benzene rings is 1. The number of hydrogen-bond donors (Lipinski definition) is 0. The third-order valence-electron chi connectivity index (χ3n) is 4.80. The minimum absolute atomic E-state index is 0.141. The van der Waals surface area contributed by atoms with Crippen molar-refractivity contribution in [3.8, 4) is 0 Å². The molecular formula is C18H27FN2O3S. The molecule has 0 spiro atoms. The van der Waals surface area contributed by atoms with Crippen LogP contribution in [0.2, 0.25) is 0 Å². The lowest BCUT2D eigenvalue weighted by Crippen LogP contribution is -2.39. The number of ether oxygens (including phenoxy) is 1. The molecule has 1 aromatic carbocycles. The fourth-order valence-electron chi connectivity index (χ4n) is 3.26. The van der Waals surface area contributed by atoms with Crippen molar-refractivity contribution in [1.82, 2.24) is 9.21 Å². The zero-order valence-electron chi connectivity index (χ0n) is 14.6. The molecule has 0 atom stereocenters. The van der Waals surface area contributed by atoms with Crippen molar-refractivity contribution in [2.75, 3.05) is 45.1 Å². The second kappa shape index (κ2) is 8.58. The maximum Gasteiger partial charge on any atom is 0.214 e. The second-order valence-corrected chi connectivity index (χ2v) is 8.89. The van der Waals surface area contributed by atoms with E-state index in [-0.39, 0.29) is 17.6 Å². The van der Waals surface area contributed by atoms with Gasteiger partial charge in [0.05, 0.1) is 19.0 Å². The molecular weight excluding hydrogens is 343 g/mol. The number of sulfonamides is 1. The molecule has 1 aliphatic heterocycles. The maximum absolute atomic E-state index is 13.3. The smallest absolute Gasteiger partial charge is 0.214 e. The Morgan fingerprint density at radius 1 is 1.24 bits per heavy atom. The van der Waals surface area contributed by atoms with E-state index in [9.17, 15) is 12.8 Å². The molecule has 1 saturated carbocycles. The summed E-state index contributed by atoms with van der Waals surface area (Å²) in [4.78, 5) is 2.26. The van der Waals surface area contributed by atoms with Gasteiger partial charge in [-0.05, 0) is 49.9 Å². The van der Waals surface area contributed by atoms with E-state index < -0.39 is 10.0 Å². The van der Waals surface area contributed by atoms with Gasteiger partial charge in [0, 0.05) is 25.7 Å². The molecule has 140 valence electrons. The van der Waals surface area contributed by atoms with E-state index >= 15 is 0 Å². The van der Waals surface area contributed by atoms with Crippen LogP contribution < -0.4 is 0 Å². The molecule has 0 amide bonds. The molecule has 1 heterocycles. The summed E-state index contributed by atoms with van der Waals surface area (Å²) in [5.74, 6) is -0.0897. The molecule has 3 rings (SSSR count). The normalized spacial score (nSPS) is 19.4. The van der Waals surface area contributed by atoms with Gasteiger partial charge in [0.25, 0.3) is 0 Å². The summed E-state index contributed by atoms with van der Waals surface area (Å²) < 4.78 is 45.8. The van der Waals surface area contributed by atoms with Crippen molar-refractivity contribution in [2.24, 2.45) is 0 Å². The first-order valence-corrected chi connectivity index (χ1v) is 10.7. The molecule has 1 aromatic rings. The van der Waals surface area contributed by atoms with Gasteiger partial charge in [-0.25, -0.2) is 12.8 Å². The number of morpholine rings is 1. The molecule has 2 fully saturated rings. The van der Waals surface area contributed by atoms with Crippen LogP contribution in [-0.4, -0.2) is 68.8 Å². The average molecular weight is 370 g/mol. The second-order valence-electron chi connectivity index (χ2n) is 6.85. The molecule has 5 nitrogen and oxygen atoms in total. The Hall–Kier alpha value is -1.02. The van der Waals surface area contributed by atoms with Crippen molar-refractivity contribution in [1.29, 1.82) is 0 Å². The van der Waals surface area contributed by atoms with Crippen molar-refractivity contribution in [3.05, 3.63) is 35.6 Å². The topological polar surface area (TPSA) is 49.9 Å². The summed E-state index contributed by atoms with van der Waals surface area (Å²) in [6, 6.07) is 6.55. The Balaban J connectivity index is 1.51. The lowest BCUT2D eigenvalue weighted by atomic mass is 10.1. The number of nitrogens with zero attached hydrogens (tertiary/aromatic N) is 2. The molecule has 0 bridgehead atoms. The van der Waals surface area contributed by atoms with Crippen LogP contribution in [0.25, 0.3) is 0 Å². The van der Waals surface area contributed by atoms with E-state index in [1.54, 1.807) is 10.4 Å². The minimum atomic E-state index is -3.26. The van der Waals surface area contributed by atoms with Gasteiger partial charge in [0.1, 0.15) is 5.82 Å². The Labute approximate surface area is 149 Å². The van der Waals surface area contributed by atoms with Crippen LogP contribution in [0, 0.1) is 5.82 Å². The Morgan fingerprint density at radius 3 is 2.68 bits per heavy atom. The summed E-state index contributed by atoms with van der Waals surface area (Å²) >= 11 is 0. The molecule has 0 unspecified atom stereocenters. The fraction of sp³-hybridized carbons (Fsp3) is 0.667. The minimum Gasteiger partial charge on any atom is -0.379 e. The van der Waals surface area contributed by atoms with Gasteiger partial charge in [-0.15, -0.1) is 0 Å². The van der Waals surface area contributed by atoms with Crippen LogP contribution in [0.4, 0.5) is 4.39 Å². The van der Waals surface area contributed by atoms with Crippen molar-refractivity contribution in [2.45, 2.75) is 31.7 Å². The number of hydrogen-bond acceptors (Lipinski definition) is 4. The van der Waals surface area contributed by atoms with Crippen LogP contribution in [0.5, 0.6) is 0 Å². The highest BCUT2D eigenvalue weighted by Crippen LogP contribution is 2.30. The van der Waals surface area contributed by atoms with Crippen LogP contribution in [0.1, 0.15) is 24.8 Å². The van der Waals surface area contributed by atoms with E-state index in [1.807, 2.05) is 6.07 Å². The summed E-state index contributed by atoms with van der Waals surface area (Å²) in [7, 11) is -3.26. The SMILES string of the molecule is O=S(=O)(CCCN1CCOCC1)N(CCc1cccc(F)c1)C1CC1. The predicted molar refractivity (Wildman–Crippen MR) is 95.5 cm³/mol. The van der Waals surface area contributed by atoms with Crippen molar-refractivity contribution >= 4 is 10.0 Å². The third kappa shape index (κ3) is 5.74. The Kier molecular flexibility index (Phi) is 6.44. The number of rotatable bonds is 9. The van der Waals surface area contributed by atoms with E-state index in [0.29, 0.717) is 19.4 Å². The van der Waals surface area contributed by atoms with E-state index in [2.05, 4.69) is 4.90 Å². The van der Waals surface area contributed by atoms with Crippen molar-refractivity contribution in [3.63, 3.8) is 0 Å². The van der Waals surface area contributed by atoms with Gasteiger partial charge in [0.15, 0.2) is 0 Å². The van der Waals surface area contributed by atoms with Crippen molar-refractivity contribution < 1.29 is 17.5 Å². The summed E-state index contributed by atoms with van der Waals surface area (Å²) in [6.07, 6.45) is 3.07. The first-order valence-electron chi connectivity index (χ1n) is 9.09. The predicted octanol–water partition coefficient (Wildman–Crippen LogP) is 1.88. The maximum atomic E-state index is 13.3. The molecule has 25 heavy (non-hydrogen) atoms. The third-order valence-corrected chi connectivity index (χ3v) is 6.80. The molecule has 2 aliphatic rings. The van der Waals surface area contributed by atoms with Gasteiger partial charge >= 0.3 is 0 Å². The highest BCUT2D eigenvalue weighted by molar-refractivity contribution is 7.89. The molecule has 1 saturated heterocycles.